The van der Waals surface area contributed by atoms with E-state index in [1.165, 1.54) is 0 Å². The van der Waals surface area contributed by atoms with Gasteiger partial charge in [0.1, 0.15) is 0 Å². The van der Waals surface area contributed by atoms with Crippen molar-refractivity contribution in [2.45, 2.75) is 58.9 Å². The smallest absolute Gasteiger partial charge is 0.223 e. The second kappa shape index (κ2) is 8.28. The van der Waals surface area contributed by atoms with Crippen LogP contribution in [0.4, 0.5) is 0 Å². The van der Waals surface area contributed by atoms with Gasteiger partial charge in [-0.3, -0.25) is 9.59 Å². The molecule has 0 aliphatic heterocycles. The molecule has 3 heteroatoms. The summed E-state index contributed by atoms with van der Waals surface area (Å²) in [6.45, 7) is 6.08. The number of nitrogens with one attached hydrogen (secondary N) is 1. The number of ketones is 1. The molecule has 1 aromatic carbocycles. The number of hydrogen-bond acceptors (Lipinski definition) is 2. The first kappa shape index (κ1) is 17.7. The van der Waals surface area contributed by atoms with Crippen molar-refractivity contribution in [1.82, 2.24) is 5.32 Å². The first-order valence-electron chi connectivity index (χ1n) is 8.82. The third-order valence-corrected chi connectivity index (χ3v) is 5.18. The van der Waals surface area contributed by atoms with Crippen LogP contribution in [0.3, 0.4) is 0 Å². The van der Waals surface area contributed by atoms with Crippen molar-refractivity contribution in [3.8, 4) is 0 Å². The zero-order valence-electron chi connectivity index (χ0n) is 14.5. The first-order valence-corrected chi connectivity index (χ1v) is 8.82. The van der Waals surface area contributed by atoms with Gasteiger partial charge in [0, 0.05) is 5.92 Å². The van der Waals surface area contributed by atoms with Crippen molar-refractivity contribution in [2.75, 3.05) is 0 Å². The van der Waals surface area contributed by atoms with E-state index in [0.717, 1.165) is 37.2 Å². The molecular weight excluding hydrogens is 286 g/mol. The maximum absolute atomic E-state index is 12.5. The summed E-state index contributed by atoms with van der Waals surface area (Å²) in [7, 11) is 0. The first-order chi connectivity index (χ1) is 11.0. The largest absolute Gasteiger partial charge is 0.346 e. The summed E-state index contributed by atoms with van der Waals surface area (Å²) >= 11 is 0. The molecule has 1 fully saturated rings. The molecular formula is C20H29NO2. The standard InChI is InChI=1S/C20H29NO2/c1-14(2)17-9-11-18(12-10-17)20(23)21-19(15(3)22)13-16-7-5-4-6-8-16/h4-8,14,17-19H,9-13H2,1-3H3,(H,21,23)/t17?,18?,19-/m1/s1. The molecule has 1 atom stereocenters. The highest BCUT2D eigenvalue weighted by molar-refractivity contribution is 5.88. The molecule has 3 nitrogen and oxygen atoms in total. The Balaban J connectivity index is 1.90. The van der Waals surface area contributed by atoms with Gasteiger partial charge in [-0.15, -0.1) is 0 Å². The Bertz CT molecular complexity index is 516. The van der Waals surface area contributed by atoms with Gasteiger partial charge in [0.25, 0.3) is 0 Å². The van der Waals surface area contributed by atoms with Crippen LogP contribution >= 0.6 is 0 Å². The van der Waals surface area contributed by atoms with Crippen LogP contribution in [0.1, 0.15) is 52.0 Å². The highest BCUT2D eigenvalue weighted by Gasteiger charge is 2.29. The summed E-state index contributed by atoms with van der Waals surface area (Å²) in [5.41, 5.74) is 1.08. The summed E-state index contributed by atoms with van der Waals surface area (Å²) < 4.78 is 0. The van der Waals surface area contributed by atoms with Gasteiger partial charge < -0.3 is 5.32 Å². The molecule has 0 unspecified atom stereocenters. The number of amides is 1. The molecule has 23 heavy (non-hydrogen) atoms. The average molecular weight is 315 g/mol. The normalized spacial score (nSPS) is 22.6. The highest BCUT2D eigenvalue weighted by Crippen LogP contribution is 2.33. The highest BCUT2D eigenvalue weighted by atomic mass is 16.2. The third kappa shape index (κ3) is 5.19. The number of carbonyl (C=O) groups excluding carboxylic acids is 2. The predicted octanol–water partition coefficient (Wildman–Crippen LogP) is 3.77. The molecule has 1 N–H and O–H groups in total. The van der Waals surface area contributed by atoms with Crippen molar-refractivity contribution < 1.29 is 9.59 Å². The molecule has 126 valence electrons. The molecule has 0 bridgehead atoms. The maximum Gasteiger partial charge on any atom is 0.223 e. The van der Waals surface area contributed by atoms with Crippen LogP contribution in [0.15, 0.2) is 30.3 Å². The molecule has 0 radical (unpaired) electrons. The van der Waals surface area contributed by atoms with E-state index in [1.54, 1.807) is 6.92 Å². The van der Waals surface area contributed by atoms with Crippen LogP contribution in [-0.2, 0) is 16.0 Å². The van der Waals surface area contributed by atoms with Crippen molar-refractivity contribution >= 4 is 11.7 Å². The fraction of sp³-hybridized carbons (Fsp3) is 0.600. The number of hydrogen-bond donors (Lipinski definition) is 1. The molecule has 0 spiro atoms. The van der Waals surface area contributed by atoms with Crippen LogP contribution in [0.5, 0.6) is 0 Å². The molecule has 1 aliphatic carbocycles. The average Bonchev–Trinajstić information content (AvgIpc) is 2.55. The Morgan fingerprint density at radius 3 is 2.22 bits per heavy atom. The van der Waals surface area contributed by atoms with Crippen LogP contribution in [0.2, 0.25) is 0 Å². The van der Waals surface area contributed by atoms with Gasteiger partial charge in [0.05, 0.1) is 6.04 Å². The number of benzene rings is 1. The Morgan fingerprint density at radius 2 is 1.70 bits per heavy atom. The SMILES string of the molecule is CC(=O)[C@@H](Cc1ccccc1)NC(=O)C1CCC(C(C)C)CC1. The Hall–Kier alpha value is -1.64. The molecule has 1 saturated carbocycles. The zero-order chi connectivity index (χ0) is 16.8. The van der Waals surface area contributed by atoms with Crippen molar-refractivity contribution in [3.63, 3.8) is 0 Å². The number of rotatable bonds is 6. The molecule has 1 aromatic rings. The van der Waals surface area contributed by atoms with Crippen molar-refractivity contribution in [2.24, 2.45) is 17.8 Å². The van der Waals surface area contributed by atoms with Gasteiger partial charge in [0.15, 0.2) is 5.78 Å². The van der Waals surface area contributed by atoms with Crippen LogP contribution in [0, 0.1) is 17.8 Å². The van der Waals surface area contributed by atoms with Crippen molar-refractivity contribution in [1.29, 1.82) is 0 Å². The Kier molecular flexibility index (Phi) is 6.37. The second-order valence-corrected chi connectivity index (χ2v) is 7.22. The quantitative estimate of drug-likeness (QED) is 0.868. The van der Waals surface area contributed by atoms with Crippen LogP contribution in [0.25, 0.3) is 0 Å². The number of carbonyl (C=O) groups is 2. The molecule has 2 rings (SSSR count). The Morgan fingerprint density at radius 1 is 1.09 bits per heavy atom. The summed E-state index contributed by atoms with van der Waals surface area (Å²) in [4.78, 5) is 24.4. The van der Waals surface area contributed by atoms with Gasteiger partial charge in [-0.1, -0.05) is 44.2 Å². The minimum atomic E-state index is -0.410. The lowest BCUT2D eigenvalue weighted by atomic mass is 9.76. The molecule has 0 saturated heterocycles. The summed E-state index contributed by atoms with van der Waals surface area (Å²) in [6, 6.07) is 9.46. The van der Waals surface area contributed by atoms with Gasteiger partial charge in [-0.2, -0.15) is 0 Å². The second-order valence-electron chi connectivity index (χ2n) is 7.22. The minimum Gasteiger partial charge on any atom is -0.346 e. The summed E-state index contributed by atoms with van der Waals surface area (Å²) in [6.07, 6.45) is 4.72. The monoisotopic (exact) mass is 315 g/mol. The lowest BCUT2D eigenvalue weighted by Gasteiger charge is -2.31. The van der Waals surface area contributed by atoms with E-state index in [1.807, 2.05) is 30.3 Å². The van der Waals surface area contributed by atoms with Crippen molar-refractivity contribution in [3.05, 3.63) is 35.9 Å². The Labute approximate surface area is 139 Å². The van der Waals surface area contributed by atoms with E-state index in [2.05, 4.69) is 19.2 Å². The zero-order valence-corrected chi connectivity index (χ0v) is 14.5. The van der Waals surface area contributed by atoms with Crippen LogP contribution < -0.4 is 5.32 Å². The molecule has 0 aromatic heterocycles. The maximum atomic E-state index is 12.5. The minimum absolute atomic E-state index is 0.0260. The topological polar surface area (TPSA) is 46.2 Å². The van der Waals surface area contributed by atoms with E-state index < -0.39 is 6.04 Å². The molecule has 0 heterocycles. The molecule has 1 aliphatic rings. The van der Waals surface area contributed by atoms with Gasteiger partial charge in [-0.25, -0.2) is 0 Å². The van der Waals surface area contributed by atoms with E-state index >= 15 is 0 Å². The third-order valence-electron chi connectivity index (χ3n) is 5.18. The fourth-order valence-electron chi connectivity index (χ4n) is 3.48. The van der Waals surface area contributed by atoms with E-state index in [0.29, 0.717) is 12.3 Å². The van der Waals surface area contributed by atoms with E-state index in [9.17, 15) is 9.59 Å². The van der Waals surface area contributed by atoms with E-state index in [4.69, 9.17) is 0 Å². The lowest BCUT2D eigenvalue weighted by molar-refractivity contribution is -0.130. The predicted molar refractivity (Wildman–Crippen MR) is 93.0 cm³/mol. The van der Waals surface area contributed by atoms with Gasteiger partial charge >= 0.3 is 0 Å². The number of Topliss-reactive ketones (excluding diaryl/α,β-unsaturated/α-hetero) is 1. The van der Waals surface area contributed by atoms with Gasteiger partial charge in [-0.05, 0) is 56.4 Å². The summed E-state index contributed by atoms with van der Waals surface area (Å²) in [5.74, 6) is 1.60. The molecule has 1 amide bonds. The van der Waals surface area contributed by atoms with E-state index in [-0.39, 0.29) is 17.6 Å². The fourth-order valence-corrected chi connectivity index (χ4v) is 3.48. The lowest BCUT2D eigenvalue weighted by Crippen LogP contribution is -2.45. The van der Waals surface area contributed by atoms with Crippen LogP contribution in [-0.4, -0.2) is 17.7 Å². The van der Waals surface area contributed by atoms with Gasteiger partial charge in [0.2, 0.25) is 5.91 Å². The summed E-state index contributed by atoms with van der Waals surface area (Å²) in [5, 5.41) is 2.99.